The van der Waals surface area contributed by atoms with Gasteiger partial charge in [0.25, 0.3) is 0 Å². The molecule has 104 valence electrons. The molecule has 18 heavy (non-hydrogen) atoms. The van der Waals surface area contributed by atoms with Crippen LogP contribution in [0, 0.1) is 0 Å². The molecule has 1 atom stereocenters. The van der Waals surface area contributed by atoms with E-state index in [0.717, 1.165) is 6.42 Å². The summed E-state index contributed by atoms with van der Waals surface area (Å²) < 4.78 is 48.0. The average molecular weight is 308 g/mol. The number of hydrogen-bond acceptors (Lipinski definition) is 4. The zero-order valence-corrected chi connectivity index (χ0v) is 13.7. The van der Waals surface area contributed by atoms with E-state index >= 15 is 0 Å². The van der Waals surface area contributed by atoms with Crippen LogP contribution >= 0.6 is 0 Å². The van der Waals surface area contributed by atoms with Crippen LogP contribution in [0.4, 0.5) is 0 Å². The highest BCUT2D eigenvalue weighted by Crippen LogP contribution is 2.45. The third-order valence-electron chi connectivity index (χ3n) is 4.06. The first-order chi connectivity index (χ1) is 8.04. The lowest BCUT2D eigenvalue weighted by atomic mass is 10.1. The zero-order chi connectivity index (χ0) is 13.8. The largest absolute Gasteiger partial charge is 0.224 e. The number of hydrogen-bond donors (Lipinski definition) is 0. The Morgan fingerprint density at radius 3 is 1.94 bits per heavy atom. The van der Waals surface area contributed by atoms with Crippen LogP contribution in [0.1, 0.15) is 19.3 Å². The second-order valence-electron chi connectivity index (χ2n) is 6.29. The maximum Gasteiger partial charge on any atom is 0.176 e. The Hall–Kier alpha value is -0.143. The quantitative estimate of drug-likeness (QED) is 0.694. The lowest BCUT2D eigenvalue weighted by molar-refractivity contribution is 0.574. The van der Waals surface area contributed by atoms with Crippen molar-refractivity contribution in [3.8, 4) is 0 Å². The average Bonchev–Trinajstić information content (AvgIpc) is 2.23. The van der Waals surface area contributed by atoms with Gasteiger partial charge in [0.05, 0.1) is 21.3 Å². The van der Waals surface area contributed by atoms with Gasteiger partial charge in [-0.3, -0.25) is 0 Å². The summed E-state index contributed by atoms with van der Waals surface area (Å²) in [6, 6.07) is 0. The Balaban J connectivity index is 2.51. The van der Waals surface area contributed by atoms with Crippen LogP contribution in [0.25, 0.3) is 0 Å². The van der Waals surface area contributed by atoms with Gasteiger partial charge in [-0.1, -0.05) is 19.6 Å². The Morgan fingerprint density at radius 1 is 0.944 bits per heavy atom. The van der Waals surface area contributed by atoms with Crippen molar-refractivity contribution in [2.75, 3.05) is 11.5 Å². The van der Waals surface area contributed by atoms with Crippen molar-refractivity contribution in [1.82, 2.24) is 0 Å². The molecule has 7 heteroatoms. The summed E-state index contributed by atoms with van der Waals surface area (Å²) in [5.74, 6) is -0.460. The summed E-state index contributed by atoms with van der Waals surface area (Å²) in [5.41, 5.74) is 0.374. The molecule has 0 saturated carbocycles. The Labute approximate surface area is 110 Å². The van der Waals surface area contributed by atoms with E-state index in [1.807, 2.05) is 0 Å². The summed E-state index contributed by atoms with van der Waals surface area (Å²) in [6.45, 7) is 6.65. The molecule has 0 fully saturated rings. The second kappa shape index (κ2) is 4.18. The van der Waals surface area contributed by atoms with Crippen LogP contribution in [0.3, 0.4) is 0 Å². The van der Waals surface area contributed by atoms with Crippen molar-refractivity contribution in [2.24, 2.45) is 0 Å². The van der Waals surface area contributed by atoms with Crippen LogP contribution in [0.5, 0.6) is 0 Å². The third-order valence-corrected chi connectivity index (χ3v) is 11.2. The molecule has 1 aliphatic carbocycles. The maximum atomic E-state index is 12.1. The molecule has 2 aliphatic rings. The Morgan fingerprint density at radius 2 is 1.44 bits per heavy atom. The Kier molecular flexibility index (Phi) is 3.31. The lowest BCUT2D eigenvalue weighted by Gasteiger charge is -2.35. The van der Waals surface area contributed by atoms with Gasteiger partial charge in [0.2, 0.25) is 0 Å². The summed E-state index contributed by atoms with van der Waals surface area (Å²) in [4.78, 5) is 0.468. The first-order valence-corrected chi connectivity index (χ1v) is 13.1. The first kappa shape index (κ1) is 14.3. The predicted molar refractivity (Wildman–Crippen MR) is 75.5 cm³/mol. The molecule has 0 radical (unpaired) electrons. The van der Waals surface area contributed by atoms with Crippen molar-refractivity contribution >= 4 is 27.7 Å². The van der Waals surface area contributed by atoms with E-state index in [2.05, 4.69) is 19.6 Å². The molecule has 0 amide bonds. The summed E-state index contributed by atoms with van der Waals surface area (Å²) in [6.07, 6.45) is 1.70. The van der Waals surface area contributed by atoms with Gasteiger partial charge in [-0.2, -0.15) is 0 Å². The minimum atomic E-state index is -3.33. The van der Waals surface area contributed by atoms with Crippen LogP contribution in [0.15, 0.2) is 9.81 Å². The van der Waals surface area contributed by atoms with Gasteiger partial charge in [-0.15, -0.1) is 0 Å². The number of rotatable bonds is 1. The number of sulfone groups is 2. The highest BCUT2D eigenvalue weighted by atomic mass is 32.2. The van der Waals surface area contributed by atoms with E-state index in [4.69, 9.17) is 0 Å². The fourth-order valence-electron chi connectivity index (χ4n) is 2.72. The van der Waals surface area contributed by atoms with Gasteiger partial charge in [0.15, 0.2) is 19.7 Å². The molecular formula is C11H20O4S2Si. The fraction of sp³-hybridized carbons (Fsp3) is 0.818. The van der Waals surface area contributed by atoms with Crippen LogP contribution in [-0.2, 0) is 19.7 Å². The second-order valence-corrected chi connectivity index (χ2v) is 16.1. The van der Waals surface area contributed by atoms with Crippen molar-refractivity contribution in [2.45, 2.75) is 44.4 Å². The highest BCUT2D eigenvalue weighted by molar-refractivity contribution is 8.02. The van der Waals surface area contributed by atoms with Crippen molar-refractivity contribution < 1.29 is 16.8 Å². The molecule has 0 N–H and O–H groups in total. The van der Waals surface area contributed by atoms with E-state index in [1.54, 1.807) is 0 Å². The maximum absolute atomic E-state index is 12.1. The molecule has 1 heterocycles. The first-order valence-electron chi connectivity index (χ1n) is 6.21. The van der Waals surface area contributed by atoms with Gasteiger partial charge in [-0.25, -0.2) is 16.8 Å². The molecule has 4 nitrogen and oxygen atoms in total. The van der Waals surface area contributed by atoms with E-state index in [1.165, 1.54) is 0 Å². The van der Waals surface area contributed by atoms with Gasteiger partial charge in [0.1, 0.15) is 0 Å². The Bertz CT molecular complexity index is 593. The van der Waals surface area contributed by atoms with Crippen molar-refractivity contribution in [1.29, 1.82) is 0 Å². The van der Waals surface area contributed by atoms with E-state index < -0.39 is 27.7 Å². The zero-order valence-electron chi connectivity index (χ0n) is 11.1. The molecule has 0 spiro atoms. The van der Waals surface area contributed by atoms with Crippen LogP contribution in [-0.4, -0.2) is 36.4 Å². The molecule has 0 bridgehead atoms. The number of allylic oxidation sites excluding steroid dienone is 2. The van der Waals surface area contributed by atoms with Gasteiger partial charge in [-0.05, 0) is 24.8 Å². The molecule has 0 aromatic heterocycles. The van der Waals surface area contributed by atoms with Crippen molar-refractivity contribution in [3.63, 3.8) is 0 Å². The summed E-state index contributed by atoms with van der Waals surface area (Å²) in [5, 5.41) is 0. The van der Waals surface area contributed by atoms with Crippen LogP contribution < -0.4 is 0 Å². The molecule has 0 saturated heterocycles. The normalized spacial score (nSPS) is 30.9. The highest BCUT2D eigenvalue weighted by Gasteiger charge is 2.42. The van der Waals surface area contributed by atoms with E-state index in [-0.39, 0.29) is 21.3 Å². The van der Waals surface area contributed by atoms with Gasteiger partial charge < -0.3 is 0 Å². The minimum Gasteiger partial charge on any atom is -0.224 e. The van der Waals surface area contributed by atoms with E-state index in [9.17, 15) is 16.8 Å². The topological polar surface area (TPSA) is 68.3 Å². The molecule has 0 aromatic carbocycles. The van der Waals surface area contributed by atoms with Crippen molar-refractivity contribution in [3.05, 3.63) is 9.81 Å². The lowest BCUT2D eigenvalue weighted by Crippen LogP contribution is -2.36. The summed E-state index contributed by atoms with van der Waals surface area (Å²) in [7, 11) is -8.07. The smallest absolute Gasteiger partial charge is 0.176 e. The minimum absolute atomic E-state index is 0.225. The fourth-order valence-corrected chi connectivity index (χ4v) is 9.47. The molecule has 0 aromatic rings. The van der Waals surface area contributed by atoms with Gasteiger partial charge >= 0.3 is 0 Å². The predicted octanol–water partition coefficient (Wildman–Crippen LogP) is 1.93. The monoisotopic (exact) mass is 308 g/mol. The third kappa shape index (κ3) is 2.44. The van der Waals surface area contributed by atoms with Crippen LogP contribution in [0.2, 0.25) is 25.2 Å². The van der Waals surface area contributed by atoms with E-state index in [0.29, 0.717) is 18.4 Å². The summed E-state index contributed by atoms with van der Waals surface area (Å²) >= 11 is 0. The standard InChI is InChI=1S/C11H20O4S2Si/c1-18(2,3)9-4-5-10-11(8-9)17(14,15)7-6-16(10,12)13/h9H,4-8H2,1-3H3. The molecular weight excluding hydrogens is 288 g/mol. The molecule has 1 aliphatic heterocycles. The molecule has 1 unspecified atom stereocenters. The SMILES string of the molecule is C[Si](C)(C)C1CCC2=C(C1)S(=O)(=O)CCS2(=O)=O. The molecule has 2 rings (SSSR count). The van der Waals surface area contributed by atoms with Gasteiger partial charge in [0, 0.05) is 8.07 Å².